The Hall–Kier alpha value is -1.57. The Morgan fingerprint density at radius 2 is 2.24 bits per heavy atom. The molecule has 0 N–H and O–H groups in total. The van der Waals surface area contributed by atoms with E-state index in [4.69, 9.17) is 0 Å². The highest BCUT2D eigenvalue weighted by molar-refractivity contribution is 5.79. The highest BCUT2D eigenvalue weighted by Gasteiger charge is 2.47. The fraction of sp³-hybridized carbons (Fsp3) is 0.333. The Kier molecular flexibility index (Phi) is 1.56. The maximum atomic E-state index is 2.41. The SMILES string of the molecule is CC1(C)C2=C3c4c1ccc[n+]4CCN3[CH]C=C2. The predicted molar refractivity (Wildman–Crippen MR) is 66.7 cm³/mol. The van der Waals surface area contributed by atoms with E-state index in [1.165, 1.54) is 22.5 Å². The van der Waals surface area contributed by atoms with Gasteiger partial charge in [0.25, 0.3) is 0 Å². The van der Waals surface area contributed by atoms with Crippen molar-refractivity contribution in [3.63, 3.8) is 0 Å². The van der Waals surface area contributed by atoms with E-state index >= 15 is 0 Å². The molecule has 0 saturated heterocycles. The molecule has 0 spiro atoms. The second-order valence-electron chi connectivity index (χ2n) is 5.55. The van der Waals surface area contributed by atoms with E-state index in [0.29, 0.717) is 0 Å². The van der Waals surface area contributed by atoms with Gasteiger partial charge in [-0.15, -0.1) is 0 Å². The lowest BCUT2D eigenvalue weighted by atomic mass is 9.81. The van der Waals surface area contributed by atoms with Crippen molar-refractivity contribution in [3.05, 3.63) is 53.9 Å². The van der Waals surface area contributed by atoms with Crippen LogP contribution in [0.5, 0.6) is 0 Å². The van der Waals surface area contributed by atoms with Crippen LogP contribution in [-0.4, -0.2) is 11.4 Å². The monoisotopic (exact) mass is 224 g/mol. The summed E-state index contributed by atoms with van der Waals surface area (Å²) in [5.74, 6) is 0. The molecule has 1 aromatic rings. The van der Waals surface area contributed by atoms with Crippen molar-refractivity contribution < 1.29 is 4.57 Å². The Labute approximate surface area is 102 Å². The highest BCUT2D eigenvalue weighted by Crippen LogP contribution is 2.48. The van der Waals surface area contributed by atoms with Crippen LogP contribution in [0.15, 0.2) is 36.1 Å². The van der Waals surface area contributed by atoms with Crippen LogP contribution in [0.2, 0.25) is 0 Å². The van der Waals surface area contributed by atoms with Crippen LogP contribution in [0.1, 0.15) is 25.1 Å². The molecule has 17 heavy (non-hydrogen) atoms. The fourth-order valence-electron chi connectivity index (χ4n) is 3.37. The van der Waals surface area contributed by atoms with Crippen LogP contribution in [0, 0.1) is 6.54 Å². The normalized spacial score (nSPS) is 23.1. The standard InChI is InChI=1S/C15H16N2/c1-15(2)11-5-3-7-16-9-10-17-8-4-6-12(15)14(17)13(11)16/h3-8H,9-10H2,1-2H3/q+1. The van der Waals surface area contributed by atoms with Gasteiger partial charge in [-0.3, -0.25) is 0 Å². The number of pyridine rings is 1. The van der Waals surface area contributed by atoms with Crippen molar-refractivity contribution in [3.8, 4) is 0 Å². The van der Waals surface area contributed by atoms with Crippen molar-refractivity contribution >= 4 is 5.70 Å². The first kappa shape index (κ1) is 9.46. The maximum Gasteiger partial charge on any atom is 0.233 e. The van der Waals surface area contributed by atoms with Gasteiger partial charge in [0.1, 0.15) is 5.70 Å². The molecule has 85 valence electrons. The van der Waals surface area contributed by atoms with E-state index in [9.17, 15) is 0 Å². The molecular weight excluding hydrogens is 208 g/mol. The molecule has 0 saturated carbocycles. The zero-order chi connectivity index (χ0) is 11.6. The summed E-state index contributed by atoms with van der Waals surface area (Å²) in [6.07, 6.45) is 6.67. The van der Waals surface area contributed by atoms with Crippen LogP contribution in [0.4, 0.5) is 0 Å². The summed E-state index contributed by atoms with van der Waals surface area (Å²) in [6.45, 7) is 9.04. The second-order valence-corrected chi connectivity index (χ2v) is 5.55. The quantitative estimate of drug-likeness (QED) is 0.612. The molecule has 1 radical (unpaired) electrons. The van der Waals surface area contributed by atoms with Gasteiger partial charge in [0, 0.05) is 17.0 Å². The van der Waals surface area contributed by atoms with E-state index in [-0.39, 0.29) is 5.41 Å². The molecule has 1 aromatic heterocycles. The lowest BCUT2D eigenvalue weighted by Gasteiger charge is -2.30. The summed E-state index contributed by atoms with van der Waals surface area (Å²) in [6, 6.07) is 4.46. The lowest BCUT2D eigenvalue weighted by molar-refractivity contribution is -0.702. The summed E-state index contributed by atoms with van der Waals surface area (Å²) >= 11 is 0. The van der Waals surface area contributed by atoms with Crippen LogP contribution in [0.25, 0.3) is 5.70 Å². The minimum Gasteiger partial charge on any atom is -0.351 e. The van der Waals surface area contributed by atoms with Gasteiger partial charge in [-0.2, -0.15) is 4.57 Å². The molecule has 0 fully saturated rings. The molecule has 4 rings (SSSR count). The first-order valence-corrected chi connectivity index (χ1v) is 6.26. The third-order valence-electron chi connectivity index (χ3n) is 4.30. The van der Waals surface area contributed by atoms with Gasteiger partial charge in [0.2, 0.25) is 5.69 Å². The van der Waals surface area contributed by atoms with E-state index in [1.54, 1.807) is 0 Å². The third-order valence-corrected chi connectivity index (χ3v) is 4.30. The van der Waals surface area contributed by atoms with Gasteiger partial charge in [0.15, 0.2) is 12.7 Å². The minimum absolute atomic E-state index is 0.140. The van der Waals surface area contributed by atoms with Gasteiger partial charge in [-0.05, 0) is 11.6 Å². The Morgan fingerprint density at radius 1 is 1.35 bits per heavy atom. The van der Waals surface area contributed by atoms with Crippen LogP contribution >= 0.6 is 0 Å². The molecule has 0 atom stereocenters. The summed E-state index contributed by atoms with van der Waals surface area (Å²) in [4.78, 5) is 2.41. The molecule has 0 bridgehead atoms. The van der Waals surface area contributed by atoms with E-state index in [1.807, 2.05) is 0 Å². The summed E-state index contributed by atoms with van der Waals surface area (Å²) < 4.78 is 2.41. The summed E-state index contributed by atoms with van der Waals surface area (Å²) in [5.41, 5.74) is 5.93. The first-order valence-electron chi connectivity index (χ1n) is 6.26. The number of nitrogens with zero attached hydrogens (tertiary/aromatic N) is 2. The van der Waals surface area contributed by atoms with Crippen LogP contribution in [-0.2, 0) is 12.0 Å². The molecule has 2 aliphatic heterocycles. The van der Waals surface area contributed by atoms with Crippen molar-refractivity contribution in [2.24, 2.45) is 0 Å². The van der Waals surface area contributed by atoms with Gasteiger partial charge < -0.3 is 4.90 Å². The topological polar surface area (TPSA) is 7.12 Å². The average Bonchev–Trinajstić information content (AvgIpc) is 2.59. The van der Waals surface area contributed by atoms with Crippen LogP contribution in [0.3, 0.4) is 0 Å². The predicted octanol–water partition coefficient (Wildman–Crippen LogP) is 2.02. The summed E-state index contributed by atoms with van der Waals surface area (Å²) in [7, 11) is 0. The van der Waals surface area contributed by atoms with Crippen molar-refractivity contribution in [2.45, 2.75) is 25.8 Å². The Morgan fingerprint density at radius 3 is 3.12 bits per heavy atom. The molecule has 2 nitrogen and oxygen atoms in total. The van der Waals surface area contributed by atoms with Crippen molar-refractivity contribution in [1.82, 2.24) is 4.90 Å². The molecule has 0 amide bonds. The molecule has 0 unspecified atom stereocenters. The maximum absolute atomic E-state index is 2.41. The fourth-order valence-corrected chi connectivity index (χ4v) is 3.37. The highest BCUT2D eigenvalue weighted by atomic mass is 15.2. The molecular formula is C15H16N2+. The first-order chi connectivity index (χ1) is 8.19. The van der Waals surface area contributed by atoms with Crippen LogP contribution < -0.4 is 4.57 Å². The minimum atomic E-state index is 0.140. The largest absolute Gasteiger partial charge is 0.351 e. The zero-order valence-corrected chi connectivity index (χ0v) is 10.3. The average molecular weight is 224 g/mol. The number of aromatic nitrogens is 1. The number of rotatable bonds is 0. The van der Waals surface area contributed by atoms with Gasteiger partial charge in [-0.25, -0.2) is 0 Å². The molecule has 1 aliphatic carbocycles. The molecule has 3 heterocycles. The summed E-state index contributed by atoms with van der Waals surface area (Å²) in [5, 5.41) is 0. The van der Waals surface area contributed by atoms with E-state index in [2.05, 4.69) is 60.3 Å². The van der Waals surface area contributed by atoms with E-state index < -0.39 is 0 Å². The smallest absolute Gasteiger partial charge is 0.233 e. The zero-order valence-electron chi connectivity index (χ0n) is 10.3. The number of allylic oxidation sites excluding steroid dienone is 2. The van der Waals surface area contributed by atoms with Gasteiger partial charge in [0.05, 0.1) is 13.1 Å². The third kappa shape index (κ3) is 0.991. The lowest BCUT2D eigenvalue weighted by Crippen LogP contribution is -2.48. The molecule has 3 aliphatic rings. The van der Waals surface area contributed by atoms with Gasteiger partial charge >= 0.3 is 0 Å². The number of hydrogen-bond acceptors (Lipinski definition) is 1. The van der Waals surface area contributed by atoms with Crippen molar-refractivity contribution in [1.29, 1.82) is 0 Å². The van der Waals surface area contributed by atoms with Gasteiger partial charge in [-0.1, -0.05) is 26.0 Å². The van der Waals surface area contributed by atoms with Crippen molar-refractivity contribution in [2.75, 3.05) is 6.54 Å². The molecule has 2 heteroatoms. The number of hydrogen-bond donors (Lipinski definition) is 0. The Bertz CT molecular complexity index is 579. The molecule has 0 aromatic carbocycles. The Balaban J connectivity index is 2.12. The van der Waals surface area contributed by atoms with E-state index in [0.717, 1.165) is 13.1 Å². The second kappa shape index (κ2) is 2.81.